The Morgan fingerprint density at radius 2 is 2.24 bits per heavy atom. The molecule has 0 saturated carbocycles. The Morgan fingerprint density at radius 1 is 1.59 bits per heavy atom. The van der Waals surface area contributed by atoms with E-state index in [4.69, 9.17) is 5.73 Å². The number of benzene rings is 1. The minimum atomic E-state index is -0.527. The Labute approximate surface area is 114 Å². The van der Waals surface area contributed by atoms with Crippen molar-refractivity contribution in [2.24, 2.45) is 11.7 Å². The average molecular weight is 326 g/mol. The molecule has 1 aromatic rings. The molecule has 0 aliphatic heterocycles. The third kappa shape index (κ3) is 5.02. The SMILES string of the molecule is CC(CN)CNC(=O)c1cc(Br)ccc1F.Cl. The van der Waals surface area contributed by atoms with E-state index in [0.717, 1.165) is 0 Å². The van der Waals surface area contributed by atoms with Crippen molar-refractivity contribution >= 4 is 34.2 Å². The van der Waals surface area contributed by atoms with Gasteiger partial charge in [0.25, 0.3) is 5.91 Å². The summed E-state index contributed by atoms with van der Waals surface area (Å²) >= 11 is 3.19. The van der Waals surface area contributed by atoms with Crippen LogP contribution in [0, 0.1) is 11.7 Å². The highest BCUT2D eigenvalue weighted by Gasteiger charge is 2.12. The van der Waals surface area contributed by atoms with Crippen LogP contribution in [-0.4, -0.2) is 19.0 Å². The molecule has 0 fully saturated rings. The molecular weight excluding hydrogens is 310 g/mol. The molecule has 96 valence electrons. The second kappa shape index (κ2) is 7.63. The summed E-state index contributed by atoms with van der Waals surface area (Å²) in [5, 5.41) is 2.64. The number of hydrogen-bond donors (Lipinski definition) is 2. The molecule has 1 atom stereocenters. The van der Waals surface area contributed by atoms with Crippen molar-refractivity contribution in [1.29, 1.82) is 0 Å². The quantitative estimate of drug-likeness (QED) is 0.893. The molecule has 0 saturated heterocycles. The minimum absolute atomic E-state index is 0. The van der Waals surface area contributed by atoms with Gasteiger partial charge in [-0.2, -0.15) is 0 Å². The summed E-state index contributed by atoms with van der Waals surface area (Å²) in [7, 11) is 0. The molecule has 0 radical (unpaired) electrons. The van der Waals surface area contributed by atoms with Crippen LogP contribution in [0.25, 0.3) is 0 Å². The minimum Gasteiger partial charge on any atom is -0.352 e. The van der Waals surface area contributed by atoms with E-state index >= 15 is 0 Å². The Morgan fingerprint density at radius 3 is 2.82 bits per heavy atom. The van der Waals surface area contributed by atoms with E-state index in [-0.39, 0.29) is 23.9 Å². The number of carbonyl (C=O) groups excluding carboxylic acids is 1. The fraction of sp³-hybridized carbons (Fsp3) is 0.364. The van der Waals surface area contributed by atoms with Gasteiger partial charge in [0.2, 0.25) is 0 Å². The molecule has 17 heavy (non-hydrogen) atoms. The third-order valence-corrected chi connectivity index (χ3v) is 2.68. The van der Waals surface area contributed by atoms with E-state index in [1.165, 1.54) is 12.1 Å². The highest BCUT2D eigenvalue weighted by molar-refractivity contribution is 9.10. The van der Waals surface area contributed by atoms with E-state index in [0.29, 0.717) is 17.6 Å². The second-order valence-electron chi connectivity index (χ2n) is 3.68. The van der Waals surface area contributed by atoms with Crippen LogP contribution in [0.3, 0.4) is 0 Å². The lowest BCUT2D eigenvalue weighted by molar-refractivity contribution is 0.0944. The summed E-state index contributed by atoms with van der Waals surface area (Å²) in [4.78, 5) is 11.6. The van der Waals surface area contributed by atoms with Gasteiger partial charge in [0.05, 0.1) is 5.56 Å². The molecule has 0 aliphatic carbocycles. The van der Waals surface area contributed by atoms with Crippen molar-refractivity contribution in [2.45, 2.75) is 6.92 Å². The number of nitrogens with one attached hydrogen (secondary N) is 1. The zero-order valence-corrected chi connectivity index (χ0v) is 11.8. The summed E-state index contributed by atoms with van der Waals surface area (Å²) in [6.45, 7) is 2.85. The normalized spacial score (nSPS) is 11.5. The summed E-state index contributed by atoms with van der Waals surface area (Å²) in [5.41, 5.74) is 5.46. The van der Waals surface area contributed by atoms with Gasteiger partial charge in [-0.05, 0) is 30.7 Å². The Balaban J connectivity index is 0.00000256. The van der Waals surface area contributed by atoms with Crippen LogP contribution < -0.4 is 11.1 Å². The zero-order chi connectivity index (χ0) is 12.1. The number of amides is 1. The van der Waals surface area contributed by atoms with Gasteiger partial charge in [-0.25, -0.2) is 4.39 Å². The van der Waals surface area contributed by atoms with E-state index in [9.17, 15) is 9.18 Å². The summed E-state index contributed by atoms with van der Waals surface area (Å²) in [6, 6.07) is 4.26. The molecule has 1 amide bonds. The average Bonchev–Trinajstić information content (AvgIpc) is 2.28. The van der Waals surface area contributed by atoms with Gasteiger partial charge >= 0.3 is 0 Å². The van der Waals surface area contributed by atoms with E-state index in [1.54, 1.807) is 6.07 Å². The van der Waals surface area contributed by atoms with Crippen LogP contribution in [0.2, 0.25) is 0 Å². The highest BCUT2D eigenvalue weighted by Crippen LogP contribution is 2.15. The van der Waals surface area contributed by atoms with Gasteiger partial charge in [0.15, 0.2) is 0 Å². The molecule has 0 bridgehead atoms. The summed E-state index contributed by atoms with van der Waals surface area (Å²) in [5.74, 6) is -0.764. The molecule has 1 rings (SSSR count). The van der Waals surface area contributed by atoms with Crippen molar-refractivity contribution < 1.29 is 9.18 Å². The first kappa shape index (κ1) is 16.4. The topological polar surface area (TPSA) is 55.1 Å². The zero-order valence-electron chi connectivity index (χ0n) is 9.37. The van der Waals surface area contributed by atoms with E-state index < -0.39 is 11.7 Å². The van der Waals surface area contributed by atoms with Crippen molar-refractivity contribution in [3.05, 3.63) is 34.1 Å². The van der Waals surface area contributed by atoms with E-state index in [2.05, 4.69) is 21.2 Å². The highest BCUT2D eigenvalue weighted by atomic mass is 79.9. The van der Waals surface area contributed by atoms with Crippen molar-refractivity contribution in [3.8, 4) is 0 Å². The smallest absolute Gasteiger partial charge is 0.254 e. The molecule has 0 aromatic heterocycles. The standard InChI is InChI=1S/C11H14BrFN2O.ClH/c1-7(5-14)6-15-11(16)9-4-8(12)2-3-10(9)13;/h2-4,7H,5-6,14H2,1H3,(H,15,16);1H. The number of carbonyl (C=O) groups is 1. The van der Waals surface area contributed by atoms with Crippen LogP contribution in [0.15, 0.2) is 22.7 Å². The molecular formula is C11H15BrClFN2O. The predicted molar refractivity (Wildman–Crippen MR) is 71.9 cm³/mol. The fourth-order valence-corrected chi connectivity index (χ4v) is 1.48. The van der Waals surface area contributed by atoms with E-state index in [1.807, 2.05) is 6.92 Å². The van der Waals surface area contributed by atoms with Crippen molar-refractivity contribution in [3.63, 3.8) is 0 Å². The Kier molecular flexibility index (Phi) is 7.34. The molecule has 3 N–H and O–H groups in total. The first-order chi connectivity index (χ1) is 7.54. The molecule has 3 nitrogen and oxygen atoms in total. The number of nitrogens with two attached hydrogens (primary N) is 1. The predicted octanol–water partition coefficient (Wildman–Crippen LogP) is 2.33. The van der Waals surface area contributed by atoms with Gasteiger partial charge in [-0.1, -0.05) is 22.9 Å². The lowest BCUT2D eigenvalue weighted by atomic mass is 10.1. The van der Waals surface area contributed by atoms with Crippen LogP contribution in [0.1, 0.15) is 17.3 Å². The second-order valence-corrected chi connectivity index (χ2v) is 4.59. The Bertz CT molecular complexity index is 390. The number of hydrogen-bond acceptors (Lipinski definition) is 2. The lowest BCUT2D eigenvalue weighted by Gasteiger charge is -2.10. The van der Waals surface area contributed by atoms with Crippen LogP contribution in [0.5, 0.6) is 0 Å². The largest absolute Gasteiger partial charge is 0.352 e. The van der Waals surface area contributed by atoms with Gasteiger partial charge in [0.1, 0.15) is 5.82 Å². The maximum absolute atomic E-state index is 13.3. The van der Waals surface area contributed by atoms with Gasteiger partial charge in [-0.15, -0.1) is 12.4 Å². The molecule has 6 heteroatoms. The molecule has 1 aromatic carbocycles. The van der Waals surface area contributed by atoms with Crippen LogP contribution >= 0.6 is 28.3 Å². The first-order valence-corrected chi connectivity index (χ1v) is 5.77. The number of rotatable bonds is 4. The monoisotopic (exact) mass is 324 g/mol. The molecule has 0 spiro atoms. The summed E-state index contributed by atoms with van der Waals surface area (Å²) < 4.78 is 14.0. The van der Waals surface area contributed by atoms with Crippen LogP contribution in [-0.2, 0) is 0 Å². The van der Waals surface area contributed by atoms with Crippen molar-refractivity contribution in [1.82, 2.24) is 5.32 Å². The maximum Gasteiger partial charge on any atom is 0.254 e. The number of halogens is 3. The molecule has 1 unspecified atom stereocenters. The van der Waals surface area contributed by atoms with Gasteiger partial charge in [0, 0.05) is 11.0 Å². The first-order valence-electron chi connectivity index (χ1n) is 4.98. The maximum atomic E-state index is 13.3. The van der Waals surface area contributed by atoms with Crippen molar-refractivity contribution in [2.75, 3.05) is 13.1 Å². The lowest BCUT2D eigenvalue weighted by Crippen LogP contribution is -2.31. The molecule has 0 aliphatic rings. The Hall–Kier alpha value is -0.650. The third-order valence-electron chi connectivity index (χ3n) is 2.19. The molecule has 0 heterocycles. The summed E-state index contributed by atoms with van der Waals surface area (Å²) in [6.07, 6.45) is 0. The van der Waals surface area contributed by atoms with Crippen LogP contribution in [0.4, 0.5) is 4.39 Å². The van der Waals surface area contributed by atoms with Gasteiger partial charge in [-0.3, -0.25) is 4.79 Å². The van der Waals surface area contributed by atoms with Gasteiger partial charge < -0.3 is 11.1 Å². The fourth-order valence-electron chi connectivity index (χ4n) is 1.12.